The van der Waals surface area contributed by atoms with Crippen LogP contribution in [0.4, 0.5) is 0 Å². The number of hydrogen-bond acceptors (Lipinski definition) is 3. The van der Waals surface area contributed by atoms with E-state index in [4.69, 9.17) is 0 Å². The molecule has 0 aromatic heterocycles. The summed E-state index contributed by atoms with van der Waals surface area (Å²) in [6, 6.07) is 7.30. The van der Waals surface area contributed by atoms with Gasteiger partial charge in [-0.25, -0.2) is 0 Å². The van der Waals surface area contributed by atoms with Gasteiger partial charge in [-0.3, -0.25) is 14.6 Å². The van der Waals surface area contributed by atoms with Crippen molar-refractivity contribution in [2.45, 2.75) is 65.0 Å². The van der Waals surface area contributed by atoms with E-state index < -0.39 is 0 Å². The highest BCUT2D eigenvalue weighted by Crippen LogP contribution is 2.23. The lowest BCUT2D eigenvalue weighted by Gasteiger charge is -2.40. The Hall–Kier alpha value is -1.39. The van der Waals surface area contributed by atoms with E-state index in [9.17, 15) is 4.79 Å². The van der Waals surface area contributed by atoms with Crippen LogP contribution >= 0.6 is 0 Å². The second-order valence-corrected chi connectivity index (χ2v) is 8.25. The maximum absolute atomic E-state index is 12.5. The topological polar surface area (TPSA) is 35.6 Å². The summed E-state index contributed by atoms with van der Waals surface area (Å²) in [5.41, 5.74) is 3.70. The van der Waals surface area contributed by atoms with Crippen LogP contribution in [0.5, 0.6) is 0 Å². The SMILES string of the molecule is Cc1ccc(C)c([C@H](C)NC(=O)CN2CCN(C3CCCCC3)CC2)c1. The Morgan fingerprint density at radius 3 is 2.50 bits per heavy atom. The van der Waals surface area contributed by atoms with Crippen molar-refractivity contribution in [3.05, 3.63) is 34.9 Å². The van der Waals surface area contributed by atoms with Gasteiger partial charge in [-0.05, 0) is 44.7 Å². The molecule has 0 bridgehead atoms. The van der Waals surface area contributed by atoms with Crippen LogP contribution in [0, 0.1) is 13.8 Å². The van der Waals surface area contributed by atoms with Crippen molar-refractivity contribution in [1.82, 2.24) is 15.1 Å². The monoisotopic (exact) mass is 357 g/mol. The fourth-order valence-corrected chi connectivity index (χ4v) is 4.53. The van der Waals surface area contributed by atoms with Gasteiger partial charge in [0.2, 0.25) is 5.91 Å². The van der Waals surface area contributed by atoms with E-state index in [1.165, 1.54) is 48.8 Å². The quantitative estimate of drug-likeness (QED) is 0.877. The van der Waals surface area contributed by atoms with E-state index in [-0.39, 0.29) is 11.9 Å². The number of carbonyl (C=O) groups excluding carboxylic acids is 1. The summed E-state index contributed by atoms with van der Waals surface area (Å²) in [6.45, 7) is 11.1. The molecule has 1 saturated heterocycles. The summed E-state index contributed by atoms with van der Waals surface area (Å²) < 4.78 is 0. The average molecular weight is 358 g/mol. The number of rotatable bonds is 5. The van der Waals surface area contributed by atoms with Crippen LogP contribution in [0.25, 0.3) is 0 Å². The zero-order valence-corrected chi connectivity index (χ0v) is 16.8. The summed E-state index contributed by atoms with van der Waals surface area (Å²) in [6.07, 6.45) is 6.93. The van der Waals surface area contributed by atoms with E-state index in [1.807, 2.05) is 0 Å². The molecule has 0 unspecified atom stereocenters. The Bertz CT molecular complexity index is 601. The molecule has 144 valence electrons. The molecular weight excluding hydrogens is 322 g/mol. The summed E-state index contributed by atoms with van der Waals surface area (Å²) >= 11 is 0. The number of amides is 1. The lowest BCUT2D eigenvalue weighted by Crippen LogP contribution is -2.52. The van der Waals surface area contributed by atoms with Gasteiger partial charge in [0.15, 0.2) is 0 Å². The van der Waals surface area contributed by atoms with E-state index in [0.717, 1.165) is 32.2 Å². The first kappa shape index (κ1) is 19.4. The predicted molar refractivity (Wildman–Crippen MR) is 107 cm³/mol. The molecule has 1 aromatic carbocycles. The average Bonchev–Trinajstić information content (AvgIpc) is 2.65. The maximum atomic E-state index is 12.5. The van der Waals surface area contributed by atoms with Gasteiger partial charge in [-0.1, -0.05) is 43.0 Å². The van der Waals surface area contributed by atoms with Crippen molar-refractivity contribution in [3.63, 3.8) is 0 Å². The van der Waals surface area contributed by atoms with Crippen molar-refractivity contribution in [3.8, 4) is 0 Å². The van der Waals surface area contributed by atoms with Gasteiger partial charge in [0, 0.05) is 32.2 Å². The van der Waals surface area contributed by atoms with Gasteiger partial charge in [0.05, 0.1) is 12.6 Å². The van der Waals surface area contributed by atoms with E-state index in [0.29, 0.717) is 6.54 Å². The van der Waals surface area contributed by atoms with Crippen LogP contribution in [0.15, 0.2) is 18.2 Å². The first-order valence-corrected chi connectivity index (χ1v) is 10.4. The number of nitrogens with one attached hydrogen (secondary N) is 1. The van der Waals surface area contributed by atoms with Crippen molar-refractivity contribution in [2.24, 2.45) is 0 Å². The first-order chi connectivity index (χ1) is 12.5. The normalized spacial score (nSPS) is 21.5. The van der Waals surface area contributed by atoms with E-state index in [1.54, 1.807) is 0 Å². The molecule has 4 nitrogen and oxygen atoms in total. The van der Waals surface area contributed by atoms with Gasteiger partial charge < -0.3 is 5.32 Å². The summed E-state index contributed by atoms with van der Waals surface area (Å²) in [4.78, 5) is 17.5. The standard InChI is InChI=1S/C22H35N3O/c1-17-9-10-18(2)21(15-17)19(3)23-22(26)16-24-11-13-25(14-12-24)20-7-5-4-6-8-20/h9-10,15,19-20H,4-8,11-14,16H2,1-3H3,(H,23,26)/t19-/m0/s1. The highest BCUT2D eigenvalue weighted by atomic mass is 16.2. The number of aryl methyl sites for hydroxylation is 2. The van der Waals surface area contributed by atoms with Crippen LogP contribution < -0.4 is 5.32 Å². The smallest absolute Gasteiger partial charge is 0.234 e. The maximum Gasteiger partial charge on any atom is 0.234 e. The molecule has 1 aliphatic carbocycles. The number of benzene rings is 1. The second-order valence-electron chi connectivity index (χ2n) is 8.25. The number of carbonyl (C=O) groups is 1. The minimum absolute atomic E-state index is 0.0610. The number of nitrogens with zero attached hydrogens (tertiary/aromatic N) is 2. The molecule has 1 heterocycles. The molecule has 1 atom stereocenters. The van der Waals surface area contributed by atoms with Crippen molar-refractivity contribution >= 4 is 5.91 Å². The minimum Gasteiger partial charge on any atom is -0.348 e. The molecule has 1 amide bonds. The molecule has 3 rings (SSSR count). The van der Waals surface area contributed by atoms with Crippen molar-refractivity contribution in [1.29, 1.82) is 0 Å². The van der Waals surface area contributed by atoms with Gasteiger partial charge in [-0.2, -0.15) is 0 Å². The lowest BCUT2D eigenvalue weighted by molar-refractivity contribution is -0.123. The highest BCUT2D eigenvalue weighted by Gasteiger charge is 2.26. The molecule has 1 saturated carbocycles. The summed E-state index contributed by atoms with van der Waals surface area (Å²) in [5, 5.41) is 3.19. The molecule has 1 aromatic rings. The molecule has 26 heavy (non-hydrogen) atoms. The molecule has 4 heteroatoms. The molecular formula is C22H35N3O. The molecule has 1 N–H and O–H groups in total. The Morgan fingerprint density at radius 2 is 1.81 bits per heavy atom. The third kappa shape index (κ3) is 5.08. The molecule has 1 aliphatic heterocycles. The Balaban J connectivity index is 1.44. The molecule has 0 radical (unpaired) electrons. The van der Waals surface area contributed by atoms with Crippen LogP contribution in [0.1, 0.15) is 61.8 Å². The second kappa shape index (κ2) is 9.01. The van der Waals surface area contributed by atoms with Crippen LogP contribution in [-0.4, -0.2) is 54.5 Å². The zero-order valence-electron chi connectivity index (χ0n) is 16.8. The Labute approximate surface area is 158 Å². The zero-order chi connectivity index (χ0) is 18.5. The third-order valence-corrected chi connectivity index (χ3v) is 6.14. The minimum atomic E-state index is 0.0610. The largest absolute Gasteiger partial charge is 0.348 e. The van der Waals surface area contributed by atoms with Gasteiger partial charge in [-0.15, -0.1) is 0 Å². The number of piperazine rings is 1. The van der Waals surface area contributed by atoms with E-state index in [2.05, 4.69) is 54.1 Å². The van der Waals surface area contributed by atoms with Crippen LogP contribution in [-0.2, 0) is 4.79 Å². The van der Waals surface area contributed by atoms with Gasteiger partial charge in [0.1, 0.15) is 0 Å². The molecule has 2 aliphatic rings. The van der Waals surface area contributed by atoms with Crippen LogP contribution in [0.3, 0.4) is 0 Å². The molecule has 2 fully saturated rings. The predicted octanol–water partition coefficient (Wildman–Crippen LogP) is 3.43. The number of hydrogen-bond donors (Lipinski definition) is 1. The fraction of sp³-hybridized carbons (Fsp3) is 0.682. The summed E-state index contributed by atoms with van der Waals surface area (Å²) in [7, 11) is 0. The van der Waals surface area contributed by atoms with Crippen LogP contribution in [0.2, 0.25) is 0 Å². The van der Waals surface area contributed by atoms with Crippen molar-refractivity contribution in [2.75, 3.05) is 32.7 Å². The Kier molecular flexibility index (Phi) is 6.71. The van der Waals surface area contributed by atoms with Gasteiger partial charge >= 0.3 is 0 Å². The first-order valence-electron chi connectivity index (χ1n) is 10.4. The molecule has 0 spiro atoms. The van der Waals surface area contributed by atoms with Gasteiger partial charge in [0.25, 0.3) is 0 Å². The lowest BCUT2D eigenvalue weighted by atomic mass is 9.94. The highest BCUT2D eigenvalue weighted by molar-refractivity contribution is 5.78. The Morgan fingerprint density at radius 1 is 1.12 bits per heavy atom. The summed E-state index contributed by atoms with van der Waals surface area (Å²) in [5.74, 6) is 0.143. The fourth-order valence-electron chi connectivity index (χ4n) is 4.53. The van der Waals surface area contributed by atoms with Crippen molar-refractivity contribution < 1.29 is 4.79 Å². The third-order valence-electron chi connectivity index (χ3n) is 6.14. The van der Waals surface area contributed by atoms with E-state index >= 15 is 0 Å².